The summed E-state index contributed by atoms with van der Waals surface area (Å²) < 4.78 is 18.7. The molecular formula is C27H25BrN2O3. The van der Waals surface area contributed by atoms with E-state index in [9.17, 15) is 0 Å². The molecule has 3 aromatic carbocycles. The number of nitrogens with zero attached hydrogens (tertiary/aromatic N) is 2. The predicted molar refractivity (Wildman–Crippen MR) is 133 cm³/mol. The summed E-state index contributed by atoms with van der Waals surface area (Å²) in [7, 11) is 0. The highest BCUT2D eigenvalue weighted by molar-refractivity contribution is 9.10. The highest BCUT2D eigenvalue weighted by Crippen LogP contribution is 2.48. The molecule has 33 heavy (non-hydrogen) atoms. The zero-order chi connectivity index (χ0) is 22.8. The fourth-order valence-corrected chi connectivity index (χ4v) is 4.63. The first-order valence-corrected chi connectivity index (χ1v) is 11.8. The van der Waals surface area contributed by atoms with Gasteiger partial charge < -0.3 is 14.2 Å². The molecule has 0 radical (unpaired) electrons. The van der Waals surface area contributed by atoms with Gasteiger partial charge in [0.15, 0.2) is 0 Å². The molecule has 3 aromatic rings. The maximum absolute atomic E-state index is 6.46. The smallest absolute Gasteiger partial charge is 0.213 e. The Hall–Kier alpha value is -3.25. The number of ether oxygens (including phenoxy) is 3. The zero-order valence-corrected chi connectivity index (χ0v) is 20.0. The Morgan fingerprint density at radius 1 is 1.06 bits per heavy atom. The van der Waals surface area contributed by atoms with Crippen LogP contribution in [0.2, 0.25) is 0 Å². The molecule has 0 aromatic heterocycles. The van der Waals surface area contributed by atoms with Gasteiger partial charge in [0.05, 0.1) is 18.4 Å². The van der Waals surface area contributed by atoms with Crippen molar-refractivity contribution in [2.45, 2.75) is 25.6 Å². The van der Waals surface area contributed by atoms with Crippen molar-refractivity contribution in [3.63, 3.8) is 0 Å². The summed E-state index contributed by atoms with van der Waals surface area (Å²) in [6.45, 7) is 6.81. The Morgan fingerprint density at radius 3 is 2.52 bits per heavy atom. The van der Waals surface area contributed by atoms with Crippen LogP contribution in [0.4, 0.5) is 0 Å². The van der Waals surface area contributed by atoms with Crippen molar-refractivity contribution < 1.29 is 14.2 Å². The first-order valence-electron chi connectivity index (χ1n) is 11.0. The van der Waals surface area contributed by atoms with Crippen LogP contribution in [-0.4, -0.2) is 23.9 Å². The van der Waals surface area contributed by atoms with Gasteiger partial charge in [-0.1, -0.05) is 28.6 Å². The summed E-state index contributed by atoms with van der Waals surface area (Å²) in [6.07, 6.45) is 2.23. The highest BCUT2D eigenvalue weighted by Gasteiger charge is 2.41. The average Bonchev–Trinajstić information content (AvgIpc) is 3.29. The minimum atomic E-state index is -0.313. The average molecular weight is 505 g/mol. The van der Waals surface area contributed by atoms with Gasteiger partial charge in [-0.05, 0) is 79.2 Å². The highest BCUT2D eigenvalue weighted by atomic mass is 79.9. The van der Waals surface area contributed by atoms with Gasteiger partial charge in [-0.25, -0.2) is 5.01 Å². The van der Waals surface area contributed by atoms with Crippen LogP contribution in [0.25, 0.3) is 0 Å². The summed E-state index contributed by atoms with van der Waals surface area (Å²) in [5.41, 5.74) is 4.28. The molecule has 6 heteroatoms. The number of hydrazone groups is 1. The van der Waals surface area contributed by atoms with Crippen molar-refractivity contribution in [2.24, 2.45) is 5.10 Å². The van der Waals surface area contributed by atoms with Crippen molar-refractivity contribution in [2.75, 3.05) is 13.2 Å². The molecule has 0 saturated carbocycles. The van der Waals surface area contributed by atoms with Crippen LogP contribution in [0.5, 0.6) is 17.2 Å². The number of halogens is 1. The van der Waals surface area contributed by atoms with E-state index in [0.717, 1.165) is 50.5 Å². The molecule has 2 atom stereocenters. The van der Waals surface area contributed by atoms with Gasteiger partial charge in [0.2, 0.25) is 6.23 Å². The summed E-state index contributed by atoms with van der Waals surface area (Å²) in [6, 6.07) is 22.4. The van der Waals surface area contributed by atoms with Crippen molar-refractivity contribution in [1.82, 2.24) is 5.01 Å². The monoisotopic (exact) mass is 504 g/mol. The van der Waals surface area contributed by atoms with Crippen molar-refractivity contribution in [1.29, 1.82) is 0 Å². The van der Waals surface area contributed by atoms with Crippen LogP contribution in [-0.2, 0) is 0 Å². The van der Waals surface area contributed by atoms with E-state index in [0.29, 0.717) is 13.2 Å². The maximum Gasteiger partial charge on any atom is 0.213 e. The Bertz CT molecular complexity index is 1170. The van der Waals surface area contributed by atoms with E-state index in [4.69, 9.17) is 19.3 Å². The summed E-state index contributed by atoms with van der Waals surface area (Å²) >= 11 is 3.61. The first kappa shape index (κ1) is 21.6. The minimum absolute atomic E-state index is 0.0921. The second kappa shape index (κ2) is 9.32. The first-order chi connectivity index (χ1) is 16.2. The van der Waals surface area contributed by atoms with Gasteiger partial charge >= 0.3 is 0 Å². The molecule has 5 nitrogen and oxygen atoms in total. The molecule has 5 rings (SSSR count). The molecular weight excluding hydrogens is 480 g/mol. The van der Waals surface area contributed by atoms with E-state index in [1.165, 1.54) is 0 Å². The van der Waals surface area contributed by atoms with Gasteiger partial charge in [0.25, 0.3) is 0 Å². The Balaban J connectivity index is 1.48. The number of rotatable bonds is 7. The molecule has 0 N–H and O–H groups in total. The van der Waals surface area contributed by atoms with Crippen molar-refractivity contribution in [3.05, 3.63) is 101 Å². The van der Waals surface area contributed by atoms with Gasteiger partial charge in [-0.15, -0.1) is 0 Å². The number of benzene rings is 3. The predicted octanol–water partition coefficient (Wildman–Crippen LogP) is 6.65. The van der Waals surface area contributed by atoms with E-state index in [1.807, 2.05) is 43.3 Å². The lowest BCUT2D eigenvalue weighted by molar-refractivity contribution is -0.0191. The molecule has 2 unspecified atom stereocenters. The molecule has 2 heterocycles. The van der Waals surface area contributed by atoms with Crippen LogP contribution in [0.3, 0.4) is 0 Å². The second-order valence-electron chi connectivity index (χ2n) is 7.93. The number of hydrogen-bond donors (Lipinski definition) is 0. The third-order valence-electron chi connectivity index (χ3n) is 5.78. The molecule has 0 amide bonds. The van der Waals surface area contributed by atoms with Crippen LogP contribution in [0.15, 0.2) is 89.0 Å². The van der Waals surface area contributed by atoms with E-state index < -0.39 is 0 Å². The maximum atomic E-state index is 6.46. The largest absolute Gasteiger partial charge is 0.494 e. The molecule has 168 valence electrons. The Labute approximate surface area is 202 Å². The SMILES string of the molecule is C=CCOc1ccc(C2=NN3C(C2)c2cc(Br)ccc2OC3c2ccc(OCC)cc2)cc1. The standard InChI is InChI=1S/C27H25BrN2O3/c1-3-15-32-22-10-5-18(6-11-22)24-17-25-23-16-20(28)9-14-26(23)33-27(30(25)29-24)19-7-12-21(13-8-19)31-4-2/h3,5-14,16,25,27H,1,4,15,17H2,2H3. The van der Waals surface area contributed by atoms with E-state index >= 15 is 0 Å². The van der Waals surface area contributed by atoms with Gasteiger partial charge in [-0.3, -0.25) is 0 Å². The molecule has 2 aliphatic heterocycles. The zero-order valence-electron chi connectivity index (χ0n) is 18.4. The molecule has 0 fully saturated rings. The van der Waals surface area contributed by atoms with Crippen LogP contribution in [0.1, 0.15) is 42.3 Å². The quantitative estimate of drug-likeness (QED) is 0.337. The van der Waals surface area contributed by atoms with Crippen LogP contribution >= 0.6 is 15.9 Å². The fraction of sp³-hybridized carbons (Fsp3) is 0.222. The van der Waals surface area contributed by atoms with Crippen molar-refractivity contribution >= 4 is 21.6 Å². The lowest BCUT2D eigenvalue weighted by Crippen LogP contribution is -2.33. The Kier molecular flexibility index (Phi) is 6.09. The topological polar surface area (TPSA) is 43.3 Å². The van der Waals surface area contributed by atoms with E-state index in [2.05, 4.69) is 57.8 Å². The molecule has 0 spiro atoms. The third kappa shape index (κ3) is 4.35. The minimum Gasteiger partial charge on any atom is -0.494 e. The third-order valence-corrected chi connectivity index (χ3v) is 6.28. The van der Waals surface area contributed by atoms with Crippen molar-refractivity contribution in [3.8, 4) is 17.2 Å². The molecule has 0 aliphatic carbocycles. The summed E-state index contributed by atoms with van der Waals surface area (Å²) in [5, 5.41) is 7.12. The number of hydrogen-bond acceptors (Lipinski definition) is 5. The van der Waals surface area contributed by atoms with E-state index in [-0.39, 0.29) is 12.3 Å². The Morgan fingerprint density at radius 2 is 1.79 bits per heavy atom. The molecule has 0 saturated heterocycles. The van der Waals surface area contributed by atoms with Crippen LogP contribution < -0.4 is 14.2 Å². The normalized spacial score (nSPS) is 18.6. The summed E-state index contributed by atoms with van der Waals surface area (Å²) in [5.74, 6) is 2.56. The lowest BCUT2D eigenvalue weighted by atomic mass is 9.96. The van der Waals surface area contributed by atoms with Gasteiger partial charge in [0, 0.05) is 22.0 Å². The van der Waals surface area contributed by atoms with Crippen LogP contribution in [0, 0.1) is 0 Å². The van der Waals surface area contributed by atoms with Gasteiger partial charge in [0.1, 0.15) is 23.9 Å². The van der Waals surface area contributed by atoms with Gasteiger partial charge in [-0.2, -0.15) is 5.10 Å². The molecule has 0 bridgehead atoms. The number of fused-ring (bicyclic) bond motifs is 3. The van der Waals surface area contributed by atoms with E-state index in [1.54, 1.807) is 6.08 Å². The lowest BCUT2D eigenvalue weighted by Gasteiger charge is -2.38. The second-order valence-corrected chi connectivity index (χ2v) is 8.84. The fourth-order valence-electron chi connectivity index (χ4n) is 4.25. The summed E-state index contributed by atoms with van der Waals surface area (Å²) in [4.78, 5) is 0. The molecule has 2 aliphatic rings.